The summed E-state index contributed by atoms with van der Waals surface area (Å²) in [5.74, 6) is 0.0457. The molecule has 0 unspecified atom stereocenters. The SMILES string of the molecule is CCO[C@H]1C[C@H](N(C)C(=O)c2cnc3c(c2)c(C(C)(C)C)nn3C)C12CCC2. The summed E-state index contributed by atoms with van der Waals surface area (Å²) in [4.78, 5) is 19.8. The highest BCUT2D eigenvalue weighted by atomic mass is 16.5. The molecule has 2 heterocycles. The third-order valence-corrected chi connectivity index (χ3v) is 6.82. The Bertz CT molecular complexity index is 907. The first-order chi connectivity index (χ1) is 13.2. The Kier molecular flexibility index (Phi) is 4.53. The zero-order valence-electron chi connectivity index (χ0n) is 18.0. The molecule has 0 saturated heterocycles. The van der Waals surface area contributed by atoms with Crippen molar-refractivity contribution in [3.05, 3.63) is 23.5 Å². The molecule has 1 amide bonds. The smallest absolute Gasteiger partial charge is 0.255 e. The fourth-order valence-electron chi connectivity index (χ4n) is 5.10. The van der Waals surface area contributed by atoms with E-state index in [1.807, 2.05) is 25.1 Å². The summed E-state index contributed by atoms with van der Waals surface area (Å²) in [5, 5.41) is 5.62. The first kappa shape index (κ1) is 19.4. The standard InChI is InChI=1S/C22H32N4O2/c1-7-28-17-12-16(22(17)9-8-10-22)25(5)20(27)14-11-15-18(21(2,3)4)24-26(6)19(15)23-13-14/h11,13,16-17H,7-10,12H2,1-6H3/t16-,17-/m0/s1. The van der Waals surface area contributed by atoms with Gasteiger partial charge in [0, 0.05) is 49.2 Å². The van der Waals surface area contributed by atoms with Gasteiger partial charge in [-0.25, -0.2) is 4.98 Å². The van der Waals surface area contributed by atoms with Crippen LogP contribution in [0.5, 0.6) is 0 Å². The Balaban J connectivity index is 1.62. The van der Waals surface area contributed by atoms with E-state index < -0.39 is 0 Å². The lowest BCUT2D eigenvalue weighted by atomic mass is 9.50. The topological polar surface area (TPSA) is 60.2 Å². The fraction of sp³-hybridized carbons (Fsp3) is 0.682. The first-order valence-corrected chi connectivity index (χ1v) is 10.4. The molecule has 1 spiro atoms. The summed E-state index contributed by atoms with van der Waals surface area (Å²) in [6, 6.07) is 2.23. The number of aryl methyl sites for hydroxylation is 1. The highest BCUT2D eigenvalue weighted by molar-refractivity contribution is 5.97. The first-order valence-electron chi connectivity index (χ1n) is 10.4. The maximum Gasteiger partial charge on any atom is 0.255 e. The molecule has 2 aromatic rings. The van der Waals surface area contributed by atoms with Crippen molar-refractivity contribution in [3.8, 4) is 0 Å². The van der Waals surface area contributed by atoms with Crippen molar-refractivity contribution in [2.45, 2.75) is 70.9 Å². The zero-order valence-corrected chi connectivity index (χ0v) is 18.0. The lowest BCUT2D eigenvalue weighted by Gasteiger charge is -2.63. The number of amides is 1. The number of pyridine rings is 1. The summed E-state index contributed by atoms with van der Waals surface area (Å²) >= 11 is 0. The molecule has 0 aliphatic heterocycles. The second-order valence-corrected chi connectivity index (χ2v) is 9.52. The van der Waals surface area contributed by atoms with Crippen molar-refractivity contribution < 1.29 is 9.53 Å². The Morgan fingerprint density at radius 3 is 2.68 bits per heavy atom. The van der Waals surface area contributed by atoms with Crippen LogP contribution in [0.1, 0.15) is 69.4 Å². The summed E-state index contributed by atoms with van der Waals surface area (Å²) in [7, 11) is 3.84. The van der Waals surface area contributed by atoms with Gasteiger partial charge < -0.3 is 9.64 Å². The van der Waals surface area contributed by atoms with E-state index in [1.165, 1.54) is 6.42 Å². The van der Waals surface area contributed by atoms with Crippen LogP contribution in [-0.2, 0) is 17.2 Å². The van der Waals surface area contributed by atoms with Crippen molar-refractivity contribution in [2.24, 2.45) is 12.5 Å². The van der Waals surface area contributed by atoms with Gasteiger partial charge >= 0.3 is 0 Å². The van der Waals surface area contributed by atoms with Crippen molar-refractivity contribution >= 4 is 16.9 Å². The molecule has 6 heteroatoms. The molecule has 2 aliphatic carbocycles. The second-order valence-electron chi connectivity index (χ2n) is 9.52. The van der Waals surface area contributed by atoms with E-state index in [0.717, 1.165) is 42.6 Å². The van der Waals surface area contributed by atoms with Gasteiger partial charge in [0.05, 0.1) is 17.4 Å². The number of rotatable bonds is 4. The van der Waals surface area contributed by atoms with Gasteiger partial charge in [-0.15, -0.1) is 0 Å². The minimum atomic E-state index is -0.108. The van der Waals surface area contributed by atoms with E-state index in [0.29, 0.717) is 11.7 Å². The summed E-state index contributed by atoms with van der Waals surface area (Å²) in [6.45, 7) is 9.21. The van der Waals surface area contributed by atoms with Crippen LogP contribution >= 0.6 is 0 Å². The second kappa shape index (κ2) is 6.55. The van der Waals surface area contributed by atoms with E-state index in [9.17, 15) is 4.79 Å². The molecular weight excluding hydrogens is 352 g/mol. The van der Waals surface area contributed by atoms with Gasteiger partial charge in [0.2, 0.25) is 0 Å². The number of aromatic nitrogens is 3. The molecular formula is C22H32N4O2. The van der Waals surface area contributed by atoms with E-state index in [4.69, 9.17) is 4.74 Å². The van der Waals surface area contributed by atoms with Crippen LogP contribution in [0, 0.1) is 5.41 Å². The average molecular weight is 385 g/mol. The molecule has 2 saturated carbocycles. The van der Waals surface area contributed by atoms with E-state index in [-0.39, 0.29) is 22.8 Å². The number of hydrogen-bond acceptors (Lipinski definition) is 4. The lowest BCUT2D eigenvalue weighted by Crippen LogP contribution is -2.67. The van der Waals surface area contributed by atoms with Crippen molar-refractivity contribution in [3.63, 3.8) is 0 Å². The summed E-state index contributed by atoms with van der Waals surface area (Å²) < 4.78 is 7.76. The molecule has 0 N–H and O–H groups in total. The number of fused-ring (bicyclic) bond motifs is 1. The van der Waals surface area contributed by atoms with Crippen molar-refractivity contribution in [2.75, 3.05) is 13.7 Å². The Morgan fingerprint density at radius 1 is 1.39 bits per heavy atom. The molecule has 0 aromatic carbocycles. The predicted molar refractivity (Wildman–Crippen MR) is 109 cm³/mol. The molecule has 2 aliphatic rings. The normalized spacial score (nSPS) is 23.5. The minimum Gasteiger partial charge on any atom is -0.378 e. The summed E-state index contributed by atoms with van der Waals surface area (Å²) in [6.07, 6.45) is 6.49. The molecule has 0 bridgehead atoms. The van der Waals surface area contributed by atoms with Gasteiger partial charge in [-0.3, -0.25) is 9.48 Å². The number of ether oxygens (including phenoxy) is 1. The molecule has 2 atom stereocenters. The van der Waals surface area contributed by atoms with Crippen molar-refractivity contribution in [1.82, 2.24) is 19.7 Å². The van der Waals surface area contributed by atoms with Crippen LogP contribution in [-0.4, -0.2) is 51.4 Å². The molecule has 28 heavy (non-hydrogen) atoms. The highest BCUT2D eigenvalue weighted by Gasteiger charge is 2.60. The number of carbonyl (C=O) groups excluding carboxylic acids is 1. The van der Waals surface area contributed by atoms with Gasteiger partial charge in [-0.1, -0.05) is 27.2 Å². The molecule has 0 radical (unpaired) electrons. The Labute approximate surface area is 167 Å². The Hall–Kier alpha value is -1.95. The monoisotopic (exact) mass is 384 g/mol. The third kappa shape index (κ3) is 2.76. The largest absolute Gasteiger partial charge is 0.378 e. The zero-order chi connectivity index (χ0) is 20.3. The van der Waals surface area contributed by atoms with Crippen LogP contribution in [0.15, 0.2) is 12.3 Å². The van der Waals surface area contributed by atoms with E-state index in [2.05, 4.69) is 37.8 Å². The molecule has 4 rings (SSSR count). The molecule has 152 valence electrons. The van der Waals surface area contributed by atoms with Gasteiger partial charge in [0.15, 0.2) is 5.65 Å². The van der Waals surface area contributed by atoms with E-state index >= 15 is 0 Å². The fourth-order valence-corrected chi connectivity index (χ4v) is 5.10. The highest BCUT2D eigenvalue weighted by Crippen LogP contribution is 2.59. The molecule has 2 aromatic heterocycles. The average Bonchev–Trinajstić information content (AvgIpc) is 2.92. The maximum absolute atomic E-state index is 13.3. The predicted octanol–water partition coefficient (Wildman–Crippen LogP) is 3.69. The Morgan fingerprint density at radius 2 is 2.11 bits per heavy atom. The summed E-state index contributed by atoms with van der Waals surface area (Å²) in [5.41, 5.74) is 2.50. The third-order valence-electron chi connectivity index (χ3n) is 6.82. The van der Waals surface area contributed by atoms with Crippen molar-refractivity contribution in [1.29, 1.82) is 0 Å². The number of carbonyl (C=O) groups is 1. The van der Waals surface area contributed by atoms with Crippen LogP contribution in [0.3, 0.4) is 0 Å². The van der Waals surface area contributed by atoms with Gasteiger partial charge in [0.25, 0.3) is 5.91 Å². The number of nitrogens with zero attached hydrogens (tertiary/aromatic N) is 4. The van der Waals surface area contributed by atoms with Crippen LogP contribution < -0.4 is 0 Å². The van der Waals surface area contributed by atoms with Gasteiger partial charge in [-0.2, -0.15) is 5.10 Å². The molecule has 6 nitrogen and oxygen atoms in total. The minimum absolute atomic E-state index is 0.0457. The quantitative estimate of drug-likeness (QED) is 0.807. The van der Waals surface area contributed by atoms with Crippen LogP contribution in [0.25, 0.3) is 11.0 Å². The maximum atomic E-state index is 13.3. The van der Waals surface area contributed by atoms with E-state index in [1.54, 1.807) is 10.9 Å². The van der Waals surface area contributed by atoms with Crippen LogP contribution in [0.4, 0.5) is 0 Å². The molecule has 2 fully saturated rings. The van der Waals surface area contributed by atoms with Gasteiger partial charge in [0.1, 0.15) is 0 Å². The number of hydrogen-bond donors (Lipinski definition) is 0. The van der Waals surface area contributed by atoms with Gasteiger partial charge in [-0.05, 0) is 32.3 Å². The van der Waals surface area contributed by atoms with Crippen LogP contribution in [0.2, 0.25) is 0 Å². The lowest BCUT2D eigenvalue weighted by molar-refractivity contribution is -0.192.